The van der Waals surface area contributed by atoms with Gasteiger partial charge in [0.15, 0.2) is 0 Å². The fourth-order valence-corrected chi connectivity index (χ4v) is 1.26. The van der Waals surface area contributed by atoms with E-state index in [0.29, 0.717) is 10.5 Å². The summed E-state index contributed by atoms with van der Waals surface area (Å²) in [7, 11) is 0. The minimum Gasteiger partial charge on any atom is -0.396 e. The minimum absolute atomic E-state index is 0.183. The first-order valence-corrected chi connectivity index (χ1v) is 5.54. The molecule has 0 fully saturated rings. The highest BCUT2D eigenvalue weighted by atomic mass is 32.1. The number of anilines is 1. The zero-order valence-electron chi connectivity index (χ0n) is 9.42. The van der Waals surface area contributed by atoms with Gasteiger partial charge in [-0.1, -0.05) is 32.9 Å². The van der Waals surface area contributed by atoms with Gasteiger partial charge in [0.25, 0.3) is 0 Å². The maximum Gasteiger partial charge on any atom is 0.147 e. The lowest BCUT2D eigenvalue weighted by atomic mass is 10.1. The van der Waals surface area contributed by atoms with E-state index in [1.807, 2.05) is 26.8 Å². The Morgan fingerprint density at radius 1 is 1.40 bits per heavy atom. The second-order valence-electron chi connectivity index (χ2n) is 2.74. The molecule has 0 saturated heterocycles. The van der Waals surface area contributed by atoms with Crippen molar-refractivity contribution in [2.24, 2.45) is 0 Å². The van der Waals surface area contributed by atoms with E-state index in [4.69, 9.17) is 5.73 Å². The van der Waals surface area contributed by atoms with E-state index >= 15 is 0 Å². The predicted octanol–water partition coefficient (Wildman–Crippen LogP) is 4.15. The molecule has 0 atom stereocenters. The monoisotopic (exact) mass is 227 g/mol. The molecule has 1 aromatic rings. The zero-order valence-corrected chi connectivity index (χ0v) is 10.3. The average molecular weight is 227 g/mol. The van der Waals surface area contributed by atoms with Crippen molar-refractivity contribution in [3.8, 4) is 0 Å². The first-order valence-electron chi connectivity index (χ1n) is 5.09. The van der Waals surface area contributed by atoms with Gasteiger partial charge in [-0.05, 0) is 18.6 Å². The van der Waals surface area contributed by atoms with E-state index in [2.05, 4.69) is 12.6 Å². The maximum atomic E-state index is 13.1. The molecule has 0 spiro atoms. The Balaban J connectivity index is 0.000000921. The Labute approximate surface area is 96.6 Å². The standard InChI is InChI=1S/C10H12FNS.C2H6/c1-2-3-4-7-5-8(13)6-9(11)10(7)12;1-2/h3-6,13H,2,12H2,1H3;1-2H3/b4-3-;. The predicted molar refractivity (Wildman–Crippen MR) is 68.7 cm³/mol. The molecule has 3 heteroatoms. The van der Waals surface area contributed by atoms with Crippen molar-refractivity contribution in [1.29, 1.82) is 0 Å². The lowest BCUT2D eigenvalue weighted by Gasteiger charge is -2.02. The molecule has 15 heavy (non-hydrogen) atoms. The minimum atomic E-state index is -0.414. The van der Waals surface area contributed by atoms with Crippen LogP contribution in [0.1, 0.15) is 32.8 Å². The van der Waals surface area contributed by atoms with Crippen LogP contribution in [0.4, 0.5) is 10.1 Å². The molecule has 0 aliphatic heterocycles. The molecule has 0 bridgehead atoms. The van der Waals surface area contributed by atoms with Gasteiger partial charge in [0, 0.05) is 10.5 Å². The normalized spacial score (nSPS) is 9.93. The zero-order chi connectivity index (χ0) is 11.8. The number of hydrogen-bond donors (Lipinski definition) is 2. The van der Waals surface area contributed by atoms with Gasteiger partial charge in [-0.3, -0.25) is 0 Å². The second kappa shape index (κ2) is 7.35. The van der Waals surface area contributed by atoms with Crippen molar-refractivity contribution in [1.82, 2.24) is 0 Å². The third kappa shape index (κ3) is 4.38. The van der Waals surface area contributed by atoms with Crippen molar-refractivity contribution in [3.05, 3.63) is 29.6 Å². The van der Waals surface area contributed by atoms with Crippen LogP contribution < -0.4 is 5.73 Å². The first kappa shape index (κ1) is 14.0. The van der Waals surface area contributed by atoms with E-state index in [9.17, 15) is 4.39 Å². The third-order valence-electron chi connectivity index (χ3n) is 1.68. The molecule has 1 rings (SSSR count). The van der Waals surface area contributed by atoms with Gasteiger partial charge in [-0.15, -0.1) is 12.6 Å². The summed E-state index contributed by atoms with van der Waals surface area (Å²) in [5, 5.41) is 0. The van der Waals surface area contributed by atoms with E-state index in [1.54, 1.807) is 12.1 Å². The molecule has 1 nitrogen and oxygen atoms in total. The number of nitrogens with two attached hydrogens (primary N) is 1. The Morgan fingerprint density at radius 3 is 2.53 bits per heavy atom. The summed E-state index contributed by atoms with van der Waals surface area (Å²) in [5.74, 6) is -0.414. The third-order valence-corrected chi connectivity index (χ3v) is 1.94. The van der Waals surface area contributed by atoms with Crippen LogP contribution in [0.5, 0.6) is 0 Å². The fourth-order valence-electron chi connectivity index (χ4n) is 1.01. The Morgan fingerprint density at radius 2 is 2.00 bits per heavy atom. The SMILES string of the molecule is CC.CC/C=C\c1cc(S)cc(F)c1N. The molecule has 0 aliphatic carbocycles. The molecule has 0 aromatic heterocycles. The molecule has 0 heterocycles. The lowest BCUT2D eigenvalue weighted by Crippen LogP contribution is -1.94. The van der Waals surface area contributed by atoms with Crippen LogP contribution in [0.3, 0.4) is 0 Å². The van der Waals surface area contributed by atoms with Crippen molar-refractivity contribution in [2.75, 3.05) is 5.73 Å². The quantitative estimate of drug-likeness (QED) is 0.576. The highest BCUT2D eigenvalue weighted by Gasteiger charge is 2.03. The summed E-state index contributed by atoms with van der Waals surface area (Å²) >= 11 is 4.06. The van der Waals surface area contributed by atoms with E-state index in [0.717, 1.165) is 6.42 Å². The van der Waals surface area contributed by atoms with Crippen LogP contribution in [0.15, 0.2) is 23.1 Å². The summed E-state index contributed by atoms with van der Waals surface area (Å²) in [6.07, 6.45) is 4.63. The van der Waals surface area contributed by atoms with Crippen molar-refractivity contribution >= 4 is 24.4 Å². The summed E-state index contributed by atoms with van der Waals surface area (Å²) in [6, 6.07) is 3.05. The van der Waals surface area contributed by atoms with Crippen LogP contribution in [0.25, 0.3) is 6.08 Å². The summed E-state index contributed by atoms with van der Waals surface area (Å²) in [6.45, 7) is 6.01. The molecule has 2 N–H and O–H groups in total. The van der Waals surface area contributed by atoms with Crippen LogP contribution in [0, 0.1) is 5.82 Å². The van der Waals surface area contributed by atoms with E-state index < -0.39 is 5.82 Å². The molecule has 0 unspecified atom stereocenters. The van der Waals surface area contributed by atoms with E-state index in [-0.39, 0.29) is 5.69 Å². The van der Waals surface area contributed by atoms with Crippen molar-refractivity contribution < 1.29 is 4.39 Å². The fraction of sp³-hybridized carbons (Fsp3) is 0.333. The Bertz CT molecular complexity index is 335. The molecule has 84 valence electrons. The van der Waals surface area contributed by atoms with Gasteiger partial charge in [0.2, 0.25) is 0 Å². The van der Waals surface area contributed by atoms with Gasteiger partial charge in [-0.2, -0.15) is 0 Å². The largest absolute Gasteiger partial charge is 0.396 e. The number of halogens is 1. The van der Waals surface area contributed by atoms with Crippen LogP contribution in [-0.2, 0) is 0 Å². The number of thiol groups is 1. The van der Waals surface area contributed by atoms with Gasteiger partial charge in [0.1, 0.15) is 5.82 Å². The number of allylic oxidation sites excluding steroid dienone is 1. The Kier molecular flexibility index (Phi) is 6.88. The van der Waals surface area contributed by atoms with Crippen LogP contribution in [0.2, 0.25) is 0 Å². The van der Waals surface area contributed by atoms with Gasteiger partial charge < -0.3 is 5.73 Å². The van der Waals surface area contributed by atoms with Crippen LogP contribution in [-0.4, -0.2) is 0 Å². The van der Waals surface area contributed by atoms with Crippen LogP contribution >= 0.6 is 12.6 Å². The summed E-state index contributed by atoms with van der Waals surface area (Å²) in [5.41, 5.74) is 6.40. The molecule has 0 amide bonds. The molecular formula is C12H18FNS. The second-order valence-corrected chi connectivity index (χ2v) is 3.26. The van der Waals surface area contributed by atoms with Gasteiger partial charge >= 0.3 is 0 Å². The average Bonchev–Trinajstić information content (AvgIpc) is 2.24. The lowest BCUT2D eigenvalue weighted by molar-refractivity contribution is 0.629. The maximum absolute atomic E-state index is 13.1. The number of nitrogen functional groups attached to an aromatic ring is 1. The number of benzene rings is 1. The molecule has 0 aliphatic rings. The number of hydrogen-bond acceptors (Lipinski definition) is 2. The van der Waals surface area contributed by atoms with Gasteiger partial charge in [0.05, 0.1) is 5.69 Å². The van der Waals surface area contributed by atoms with E-state index in [1.165, 1.54) is 6.07 Å². The summed E-state index contributed by atoms with van der Waals surface area (Å²) < 4.78 is 13.1. The first-order chi connectivity index (χ1) is 7.15. The van der Waals surface area contributed by atoms with Crippen molar-refractivity contribution in [3.63, 3.8) is 0 Å². The Hall–Kier alpha value is -0.960. The molecule has 0 saturated carbocycles. The topological polar surface area (TPSA) is 26.0 Å². The highest BCUT2D eigenvalue weighted by Crippen LogP contribution is 2.22. The molecule has 0 radical (unpaired) electrons. The smallest absolute Gasteiger partial charge is 0.147 e. The molecule has 1 aromatic carbocycles. The highest BCUT2D eigenvalue weighted by molar-refractivity contribution is 7.80. The van der Waals surface area contributed by atoms with Gasteiger partial charge in [-0.25, -0.2) is 4.39 Å². The number of rotatable bonds is 2. The molecular weight excluding hydrogens is 209 g/mol. The van der Waals surface area contributed by atoms with Crippen molar-refractivity contribution in [2.45, 2.75) is 32.1 Å². The summed E-state index contributed by atoms with van der Waals surface area (Å²) in [4.78, 5) is 0.586.